The largest absolute Gasteiger partial charge is 1.00 e. The molecule has 0 heterocycles. The molecular formula is C25H56ClNO3Si. The Morgan fingerprint density at radius 2 is 1.03 bits per heavy atom. The molecule has 0 spiro atoms. The van der Waals surface area contributed by atoms with Gasteiger partial charge in [0.25, 0.3) is 0 Å². The van der Waals surface area contributed by atoms with Crippen molar-refractivity contribution in [2.45, 2.75) is 121 Å². The Morgan fingerprint density at radius 1 is 0.677 bits per heavy atom. The van der Waals surface area contributed by atoms with Gasteiger partial charge in [-0.05, 0) is 18.9 Å². The van der Waals surface area contributed by atoms with Crippen LogP contribution in [-0.2, 0) is 14.2 Å². The summed E-state index contributed by atoms with van der Waals surface area (Å²) in [6.45, 7) is 3.33. The van der Waals surface area contributed by atoms with Gasteiger partial charge in [-0.1, -0.05) is 90.4 Å². The predicted octanol–water partition coefficient (Wildman–Crippen LogP) is 2.68. The van der Waals surface area contributed by atoms with Crippen LogP contribution in [0.5, 0.6) is 0 Å². The molecule has 4 nitrogen and oxygen atoms in total. The summed E-state index contributed by atoms with van der Waals surface area (Å²) >= 11 is 0. The van der Waals surface area contributed by atoms with Crippen LogP contribution in [0.15, 0.2) is 0 Å². The molecule has 0 saturated heterocycles. The molecule has 0 N–H and O–H groups in total. The lowest BCUT2D eigenvalue weighted by Gasteiger charge is -2.48. The van der Waals surface area contributed by atoms with E-state index in [1.165, 1.54) is 96.3 Å². The molecule has 0 aromatic carbocycles. The molecule has 0 rings (SSSR count). The third-order valence-electron chi connectivity index (χ3n) is 6.81. The van der Waals surface area contributed by atoms with Crippen LogP contribution in [-0.4, -0.2) is 68.7 Å². The zero-order valence-corrected chi connectivity index (χ0v) is 24.9. The van der Waals surface area contributed by atoms with E-state index in [9.17, 15) is 0 Å². The molecule has 0 saturated carbocycles. The van der Waals surface area contributed by atoms with Crippen molar-refractivity contribution in [3.05, 3.63) is 0 Å². The Balaban J connectivity index is 0. The summed E-state index contributed by atoms with van der Waals surface area (Å²) in [5, 5.41) is 0. The van der Waals surface area contributed by atoms with Gasteiger partial charge in [0.1, 0.15) is 0 Å². The predicted molar refractivity (Wildman–Crippen MR) is 134 cm³/mol. The molecule has 1 unspecified atom stereocenters. The van der Waals surface area contributed by atoms with E-state index in [1.54, 1.807) is 21.3 Å². The summed E-state index contributed by atoms with van der Waals surface area (Å²) in [4.78, 5) is 0. The molecule has 0 amide bonds. The van der Waals surface area contributed by atoms with E-state index < -0.39 is 5.91 Å². The molecule has 190 valence electrons. The second-order valence-electron chi connectivity index (χ2n) is 9.53. The Morgan fingerprint density at radius 3 is 1.32 bits per heavy atom. The number of nitrogens with zero attached hydrogens (tertiary/aromatic N) is 1. The Kier molecular flexibility index (Phi) is 22.6. The Bertz CT molecular complexity index is 378. The lowest BCUT2D eigenvalue weighted by molar-refractivity contribution is -0.999. The topological polar surface area (TPSA) is 27.7 Å². The number of methoxy groups -OCH3 is 3. The highest BCUT2D eigenvalue weighted by atomic mass is 35.5. The third kappa shape index (κ3) is 13.0. The lowest BCUT2D eigenvalue weighted by Crippen LogP contribution is -3.00. The van der Waals surface area contributed by atoms with Gasteiger partial charge in [0, 0.05) is 31.6 Å². The van der Waals surface area contributed by atoms with Gasteiger partial charge in [-0.2, -0.15) is 0 Å². The minimum Gasteiger partial charge on any atom is -1.00 e. The maximum Gasteiger partial charge on any atom is 0.345 e. The average molecular weight is 482 g/mol. The van der Waals surface area contributed by atoms with Crippen LogP contribution in [0.4, 0.5) is 0 Å². The summed E-state index contributed by atoms with van der Waals surface area (Å²) < 4.78 is 18.2. The second kappa shape index (κ2) is 20.9. The van der Waals surface area contributed by atoms with E-state index in [1.807, 2.05) is 0 Å². The first-order valence-electron chi connectivity index (χ1n) is 12.9. The van der Waals surface area contributed by atoms with E-state index in [0.717, 1.165) is 22.8 Å². The maximum atomic E-state index is 5.92. The molecule has 1 atom stereocenters. The van der Waals surface area contributed by atoms with Gasteiger partial charge in [-0.15, -0.1) is 0 Å². The molecule has 0 bridgehead atoms. The highest BCUT2D eigenvalue weighted by Gasteiger charge is 2.53. The minimum absolute atomic E-state index is 0. The van der Waals surface area contributed by atoms with Crippen LogP contribution < -0.4 is 12.4 Å². The van der Waals surface area contributed by atoms with E-state index in [-0.39, 0.29) is 18.5 Å². The SMILES string of the molecule is CCCCCCCCCCCCCCCCC[N+](C)(C)C(OC)(OC)C(C[SiH3])OC.[Cl-]. The zero-order chi connectivity index (χ0) is 22.7. The van der Waals surface area contributed by atoms with Crippen LogP contribution in [0, 0.1) is 0 Å². The Labute approximate surface area is 204 Å². The number of hydrogen-bond acceptors (Lipinski definition) is 3. The fraction of sp³-hybridized carbons (Fsp3) is 1.00. The Hall–Kier alpha value is 0.347. The molecule has 0 aliphatic carbocycles. The van der Waals surface area contributed by atoms with Crippen molar-refractivity contribution >= 4 is 10.2 Å². The van der Waals surface area contributed by atoms with Gasteiger partial charge in [0.2, 0.25) is 0 Å². The zero-order valence-electron chi connectivity index (χ0n) is 22.1. The molecule has 31 heavy (non-hydrogen) atoms. The number of rotatable bonds is 22. The third-order valence-corrected chi connectivity index (χ3v) is 7.55. The summed E-state index contributed by atoms with van der Waals surface area (Å²) in [6, 6.07) is 0.999. The van der Waals surface area contributed by atoms with E-state index >= 15 is 0 Å². The number of hydrogen-bond donors (Lipinski definition) is 0. The molecule has 0 radical (unpaired) electrons. The summed E-state index contributed by atoms with van der Waals surface area (Å²) in [5.74, 6) is -0.716. The van der Waals surface area contributed by atoms with Crippen LogP contribution >= 0.6 is 0 Å². The highest BCUT2D eigenvalue weighted by molar-refractivity contribution is 6.08. The smallest absolute Gasteiger partial charge is 0.345 e. The van der Waals surface area contributed by atoms with Gasteiger partial charge < -0.3 is 26.6 Å². The summed E-state index contributed by atoms with van der Waals surface area (Å²) in [7, 11) is 10.7. The van der Waals surface area contributed by atoms with Crippen LogP contribution in [0.2, 0.25) is 6.04 Å². The second-order valence-corrected chi connectivity index (χ2v) is 10.3. The molecule has 0 aromatic rings. The van der Waals surface area contributed by atoms with Gasteiger partial charge in [-0.3, -0.25) is 4.48 Å². The maximum absolute atomic E-state index is 5.92. The average Bonchev–Trinajstić information content (AvgIpc) is 2.74. The van der Waals surface area contributed by atoms with Crippen molar-refractivity contribution in [1.29, 1.82) is 0 Å². The molecule has 0 aliphatic heterocycles. The fourth-order valence-corrected chi connectivity index (χ4v) is 5.69. The summed E-state index contributed by atoms with van der Waals surface area (Å²) in [6.07, 6.45) is 20.9. The quantitative estimate of drug-likeness (QED) is 0.103. The molecule has 0 aromatic heterocycles. The standard InChI is InChI=1S/C25H56NO3Si.ClH/c1-7-8-9-10-11-12-13-14-15-16-17-18-19-20-21-22-26(2,3)25(28-5,29-6)24(23-30)27-4;/h24H,7-23H2,1-6,30H3;1H/q+1;/p-1. The number of quaternary nitrogens is 1. The van der Waals surface area contributed by atoms with Crippen molar-refractivity contribution < 1.29 is 31.1 Å². The van der Waals surface area contributed by atoms with Gasteiger partial charge in [0.15, 0.2) is 6.10 Å². The summed E-state index contributed by atoms with van der Waals surface area (Å²) in [5.41, 5.74) is 0. The molecular weight excluding hydrogens is 426 g/mol. The first-order chi connectivity index (χ1) is 14.5. The molecule has 0 fully saturated rings. The van der Waals surface area contributed by atoms with Gasteiger partial charge >= 0.3 is 5.91 Å². The lowest BCUT2D eigenvalue weighted by atomic mass is 10.0. The first kappa shape index (κ1) is 33.5. The number of ether oxygens (including phenoxy) is 3. The fourth-order valence-electron chi connectivity index (χ4n) is 4.84. The van der Waals surface area contributed by atoms with E-state index in [2.05, 4.69) is 21.0 Å². The molecule has 0 aliphatic rings. The van der Waals surface area contributed by atoms with Crippen molar-refractivity contribution in [3.63, 3.8) is 0 Å². The number of halogens is 1. The van der Waals surface area contributed by atoms with Gasteiger partial charge in [0.05, 0.1) is 20.6 Å². The van der Waals surface area contributed by atoms with Crippen LogP contribution in [0.1, 0.15) is 103 Å². The molecule has 6 heteroatoms. The van der Waals surface area contributed by atoms with E-state index in [0.29, 0.717) is 4.48 Å². The van der Waals surface area contributed by atoms with Crippen molar-refractivity contribution in [2.24, 2.45) is 0 Å². The normalized spacial score (nSPS) is 13.4. The number of likely N-dealkylation sites (N-methyl/N-ethyl adjacent to an activating group) is 1. The van der Waals surface area contributed by atoms with Crippen molar-refractivity contribution in [2.75, 3.05) is 42.0 Å². The van der Waals surface area contributed by atoms with Crippen LogP contribution in [0.25, 0.3) is 0 Å². The minimum atomic E-state index is -0.716. The van der Waals surface area contributed by atoms with Crippen LogP contribution in [0.3, 0.4) is 0 Å². The highest BCUT2D eigenvalue weighted by Crippen LogP contribution is 2.31. The monoisotopic (exact) mass is 481 g/mol. The van der Waals surface area contributed by atoms with Crippen molar-refractivity contribution in [3.8, 4) is 0 Å². The number of unbranched alkanes of at least 4 members (excludes halogenated alkanes) is 14. The van der Waals surface area contributed by atoms with Gasteiger partial charge in [-0.25, -0.2) is 0 Å². The van der Waals surface area contributed by atoms with E-state index in [4.69, 9.17) is 14.2 Å². The van der Waals surface area contributed by atoms with Crippen molar-refractivity contribution in [1.82, 2.24) is 0 Å². The first-order valence-corrected chi connectivity index (χ1v) is 14.3.